The van der Waals surface area contributed by atoms with Crippen LogP contribution in [0.25, 0.3) is 10.8 Å². The lowest BCUT2D eigenvalue weighted by Crippen LogP contribution is -2.18. The number of benzene rings is 3. The fourth-order valence-corrected chi connectivity index (χ4v) is 5.75. The average molecular weight is 583 g/mol. The second-order valence-electron chi connectivity index (χ2n) is 7.10. The minimum Gasteiger partial charge on any atom is -0.399 e. The Balaban J connectivity index is 2.44. The minimum absolute atomic E-state index is 0.152. The van der Waals surface area contributed by atoms with Crippen molar-refractivity contribution < 1.29 is 56.7 Å². The Morgan fingerprint density at radius 3 is 1.64 bits per heavy atom. The van der Waals surface area contributed by atoms with Gasteiger partial charge in [-0.3, -0.25) is 23.0 Å². The molecule has 36 heavy (non-hydrogen) atoms. The highest BCUT2D eigenvalue weighted by atomic mass is 32.2. The van der Waals surface area contributed by atoms with Crippen LogP contribution in [0.15, 0.2) is 62.0 Å². The molecule has 0 radical (unpaired) electrons. The summed E-state index contributed by atoms with van der Waals surface area (Å²) in [7, 11) is -20.5. The van der Waals surface area contributed by atoms with E-state index in [0.717, 1.165) is 18.2 Å². The van der Waals surface area contributed by atoms with Crippen LogP contribution >= 0.6 is 0 Å². The minimum atomic E-state index is -5.32. The molecule has 0 unspecified atom stereocenters. The third-order valence-electron chi connectivity index (χ3n) is 4.61. The molecule has 0 fully saturated rings. The van der Waals surface area contributed by atoms with Crippen molar-refractivity contribution in [1.82, 2.24) is 0 Å². The largest absolute Gasteiger partial charge is 0.399 e. The van der Waals surface area contributed by atoms with Crippen molar-refractivity contribution in [1.29, 1.82) is 0 Å². The molecule has 0 aliphatic heterocycles. The predicted molar refractivity (Wildman–Crippen MR) is 122 cm³/mol. The Labute approximate surface area is 203 Å². The van der Waals surface area contributed by atoms with Crippen molar-refractivity contribution in [2.24, 2.45) is 0 Å². The number of amides is 1. The third kappa shape index (κ3) is 5.63. The first-order valence-corrected chi connectivity index (χ1v) is 14.7. The molecule has 3 aromatic rings. The zero-order chi connectivity index (χ0) is 27.4. The molecule has 194 valence electrons. The molecular weight excluding hydrogens is 568 g/mol. The van der Waals surface area contributed by atoms with E-state index in [1.54, 1.807) is 0 Å². The summed E-state index contributed by atoms with van der Waals surface area (Å²) in [5, 5.41) is 0.680. The van der Waals surface area contributed by atoms with Crippen molar-refractivity contribution in [2.45, 2.75) is 19.6 Å². The van der Waals surface area contributed by atoms with Gasteiger partial charge in [0.15, 0.2) is 0 Å². The highest BCUT2D eigenvalue weighted by molar-refractivity contribution is 7.87. The lowest BCUT2D eigenvalue weighted by Gasteiger charge is -2.15. The molecule has 3 aromatic carbocycles. The Morgan fingerprint density at radius 1 is 0.667 bits per heavy atom. The Hall–Kier alpha value is -3.17. The van der Waals surface area contributed by atoms with Crippen molar-refractivity contribution in [2.75, 3.05) is 11.1 Å². The van der Waals surface area contributed by atoms with Crippen LogP contribution in [0.2, 0.25) is 0 Å². The summed E-state index contributed by atoms with van der Waals surface area (Å²) in [5.74, 6) is -1.39. The van der Waals surface area contributed by atoms with Crippen LogP contribution in [0.5, 0.6) is 0 Å². The zero-order valence-electron chi connectivity index (χ0n) is 17.2. The zero-order valence-corrected chi connectivity index (χ0v) is 20.5. The van der Waals surface area contributed by atoms with Gasteiger partial charge in [0.25, 0.3) is 46.4 Å². The number of anilines is 2. The van der Waals surface area contributed by atoms with Gasteiger partial charge < -0.3 is 11.1 Å². The Kier molecular flexibility index (Phi) is 6.66. The van der Waals surface area contributed by atoms with E-state index >= 15 is 0 Å². The van der Waals surface area contributed by atoms with E-state index < -0.39 is 88.0 Å². The van der Waals surface area contributed by atoms with Crippen LogP contribution in [0, 0.1) is 0 Å². The molecule has 0 aliphatic rings. The molecule has 0 bridgehead atoms. The fourth-order valence-electron chi connectivity index (χ4n) is 3.16. The molecule has 3 rings (SSSR count). The Bertz CT molecular complexity index is 1870. The molecule has 0 aliphatic carbocycles. The predicted octanol–water partition coefficient (Wildman–Crippen LogP) is 0.661. The summed E-state index contributed by atoms with van der Waals surface area (Å²) in [6.45, 7) is 0. The lowest BCUT2D eigenvalue weighted by atomic mass is 10.1. The molecule has 0 saturated carbocycles. The maximum atomic E-state index is 12.9. The summed E-state index contributed by atoms with van der Waals surface area (Å²) in [6.07, 6.45) is 0. The smallest absolute Gasteiger partial charge is 0.295 e. The normalized spacial score (nSPS) is 13.0. The van der Waals surface area contributed by atoms with Gasteiger partial charge in [-0.2, -0.15) is 33.7 Å². The summed E-state index contributed by atoms with van der Waals surface area (Å²) in [6, 6.07) is 4.60. The summed E-state index contributed by atoms with van der Waals surface area (Å²) in [5.41, 5.74) is 3.85. The maximum absolute atomic E-state index is 12.9. The SMILES string of the molecule is Nc1ccc(S(=O)(=O)O)c(C(=O)Nc2cc(S(=O)(=O)O)cc3cc(S(=O)(=O)O)cc(S(=O)(=O)O)c23)c1. The second kappa shape index (κ2) is 8.74. The van der Waals surface area contributed by atoms with E-state index in [1.165, 1.54) is 0 Å². The van der Waals surface area contributed by atoms with Crippen molar-refractivity contribution in [3.05, 3.63) is 48.0 Å². The summed E-state index contributed by atoms with van der Waals surface area (Å²) >= 11 is 0. The third-order valence-corrected chi connectivity index (χ3v) is 8.06. The molecule has 0 atom stereocenters. The molecule has 19 heteroatoms. The van der Waals surface area contributed by atoms with Crippen molar-refractivity contribution >= 4 is 68.5 Å². The first-order chi connectivity index (χ1) is 16.2. The van der Waals surface area contributed by atoms with Gasteiger partial charge in [0.2, 0.25) is 0 Å². The maximum Gasteiger partial charge on any atom is 0.295 e. The van der Waals surface area contributed by atoms with Gasteiger partial charge in [0.05, 0.1) is 21.0 Å². The van der Waals surface area contributed by atoms with Gasteiger partial charge in [0.1, 0.15) is 9.79 Å². The number of hydrogen-bond donors (Lipinski definition) is 6. The van der Waals surface area contributed by atoms with E-state index in [4.69, 9.17) is 5.73 Å². The molecule has 0 heterocycles. The van der Waals surface area contributed by atoms with Crippen LogP contribution < -0.4 is 11.1 Å². The number of carbonyl (C=O) groups is 1. The first kappa shape index (κ1) is 27.4. The number of fused-ring (bicyclic) bond motifs is 1. The number of nitrogen functional groups attached to an aromatic ring is 1. The van der Waals surface area contributed by atoms with Gasteiger partial charge in [-0.05, 0) is 47.9 Å². The van der Waals surface area contributed by atoms with Crippen LogP contribution in [0.4, 0.5) is 11.4 Å². The van der Waals surface area contributed by atoms with Gasteiger partial charge in [-0.1, -0.05) is 0 Å². The van der Waals surface area contributed by atoms with Crippen LogP contribution in [-0.2, 0) is 40.5 Å². The van der Waals surface area contributed by atoms with E-state index in [9.17, 15) is 56.7 Å². The molecular formula is C17H14N2O13S4. The standard InChI is InChI=1S/C17H14N2O13S4/c18-9-1-2-14(35(27,28)29)12(5-9)17(20)19-13-6-10(33(21,22)23)3-8-4-11(34(24,25)26)7-15(16(8)13)36(30,31)32/h1-7H,18H2,(H,19,20)(H,21,22,23)(H,24,25,26)(H,27,28,29)(H,30,31,32). The molecule has 0 aromatic heterocycles. The van der Waals surface area contributed by atoms with Gasteiger partial charge in [0, 0.05) is 11.1 Å². The molecule has 0 saturated heterocycles. The monoisotopic (exact) mass is 582 g/mol. The van der Waals surface area contributed by atoms with E-state index in [2.05, 4.69) is 0 Å². The second-order valence-corrected chi connectivity index (χ2v) is 12.7. The number of nitrogens with two attached hydrogens (primary N) is 1. The topological polar surface area (TPSA) is 273 Å². The van der Waals surface area contributed by atoms with E-state index in [-0.39, 0.29) is 5.69 Å². The average Bonchev–Trinajstić information content (AvgIpc) is 2.69. The van der Waals surface area contributed by atoms with E-state index in [0.29, 0.717) is 24.3 Å². The molecule has 0 spiro atoms. The highest BCUT2D eigenvalue weighted by Gasteiger charge is 2.27. The summed E-state index contributed by atoms with van der Waals surface area (Å²) in [4.78, 5) is 8.67. The van der Waals surface area contributed by atoms with Gasteiger partial charge in [-0.25, -0.2) is 0 Å². The highest BCUT2D eigenvalue weighted by Crippen LogP contribution is 2.36. The van der Waals surface area contributed by atoms with Crippen LogP contribution in [0.3, 0.4) is 0 Å². The van der Waals surface area contributed by atoms with Crippen molar-refractivity contribution in [3.8, 4) is 0 Å². The summed E-state index contributed by atoms with van der Waals surface area (Å²) < 4.78 is 132. The van der Waals surface area contributed by atoms with Gasteiger partial charge >= 0.3 is 0 Å². The van der Waals surface area contributed by atoms with Gasteiger partial charge in [-0.15, -0.1) is 0 Å². The number of nitrogens with one attached hydrogen (secondary N) is 1. The number of carbonyl (C=O) groups excluding carboxylic acids is 1. The van der Waals surface area contributed by atoms with E-state index in [1.807, 2.05) is 5.32 Å². The lowest BCUT2D eigenvalue weighted by molar-refractivity contribution is 0.102. The quantitative estimate of drug-likeness (QED) is 0.172. The Morgan fingerprint density at radius 2 is 1.17 bits per heavy atom. The van der Waals surface area contributed by atoms with Crippen LogP contribution in [0.1, 0.15) is 10.4 Å². The molecule has 1 amide bonds. The molecule has 15 nitrogen and oxygen atoms in total. The molecule has 7 N–H and O–H groups in total. The number of hydrogen-bond acceptors (Lipinski definition) is 10. The van der Waals surface area contributed by atoms with Crippen LogP contribution in [-0.4, -0.2) is 57.8 Å². The van der Waals surface area contributed by atoms with Crippen molar-refractivity contribution in [3.63, 3.8) is 0 Å². The first-order valence-electron chi connectivity index (χ1n) is 8.92. The fraction of sp³-hybridized carbons (Fsp3) is 0. The number of rotatable bonds is 6.